The van der Waals surface area contributed by atoms with Crippen molar-refractivity contribution >= 4 is 5.91 Å². The third kappa shape index (κ3) is 4.00. The molecule has 0 unspecified atom stereocenters. The van der Waals surface area contributed by atoms with E-state index in [0.29, 0.717) is 30.4 Å². The maximum Gasteiger partial charge on any atom is 0.278 e. The summed E-state index contributed by atoms with van der Waals surface area (Å²) in [5, 5.41) is 4.11. The minimum absolute atomic E-state index is 0.0581. The van der Waals surface area contributed by atoms with Crippen LogP contribution in [0.2, 0.25) is 0 Å². The molecule has 144 valence electrons. The first-order valence-electron chi connectivity index (χ1n) is 9.23. The molecule has 28 heavy (non-hydrogen) atoms. The van der Waals surface area contributed by atoms with Gasteiger partial charge in [0, 0.05) is 31.4 Å². The Morgan fingerprint density at radius 2 is 2.14 bits per heavy atom. The molecule has 1 atom stereocenters. The van der Waals surface area contributed by atoms with E-state index in [2.05, 4.69) is 20.1 Å². The zero-order chi connectivity index (χ0) is 19.3. The molecule has 2 aromatic heterocycles. The van der Waals surface area contributed by atoms with Crippen molar-refractivity contribution < 1.29 is 14.1 Å². The molecule has 1 aromatic carbocycles. The number of carbonyl (C=O) groups is 1. The average Bonchev–Trinajstić information content (AvgIpc) is 3.25. The lowest BCUT2D eigenvalue weighted by molar-refractivity contribution is -0.131. The number of rotatable bonds is 5. The minimum atomic E-state index is 0.0581. The van der Waals surface area contributed by atoms with Crippen LogP contribution in [-0.4, -0.2) is 51.1 Å². The highest BCUT2D eigenvalue weighted by atomic mass is 16.5. The van der Waals surface area contributed by atoms with Crippen LogP contribution in [0, 0.1) is 0 Å². The molecule has 3 heterocycles. The molecular weight excluding hydrogens is 358 g/mol. The van der Waals surface area contributed by atoms with Crippen LogP contribution in [0.15, 0.2) is 47.4 Å². The Kier molecular flexibility index (Phi) is 5.27. The van der Waals surface area contributed by atoms with Gasteiger partial charge >= 0.3 is 0 Å². The van der Waals surface area contributed by atoms with Crippen molar-refractivity contribution in [1.29, 1.82) is 0 Å². The van der Waals surface area contributed by atoms with Crippen LogP contribution in [-0.2, 0) is 11.2 Å². The Balaban J connectivity index is 1.41. The molecule has 1 amide bonds. The van der Waals surface area contributed by atoms with Gasteiger partial charge < -0.3 is 14.2 Å². The number of aromatic nitrogens is 4. The number of hydrogen-bond donors (Lipinski definition) is 0. The normalized spacial score (nSPS) is 16.8. The van der Waals surface area contributed by atoms with E-state index in [9.17, 15) is 4.79 Å². The lowest BCUT2D eigenvalue weighted by atomic mass is 9.96. The van der Waals surface area contributed by atoms with Gasteiger partial charge in [-0.05, 0) is 30.5 Å². The molecule has 1 aliphatic heterocycles. The fourth-order valence-electron chi connectivity index (χ4n) is 3.36. The highest BCUT2D eigenvalue weighted by Crippen LogP contribution is 2.27. The fraction of sp³-hybridized carbons (Fsp3) is 0.350. The lowest BCUT2D eigenvalue weighted by Gasteiger charge is -2.31. The van der Waals surface area contributed by atoms with Crippen LogP contribution in [0.5, 0.6) is 5.75 Å². The summed E-state index contributed by atoms with van der Waals surface area (Å²) in [6, 6.07) is 7.58. The first-order chi connectivity index (χ1) is 13.7. The third-order valence-corrected chi connectivity index (χ3v) is 4.88. The van der Waals surface area contributed by atoms with Crippen LogP contribution >= 0.6 is 0 Å². The number of carbonyl (C=O) groups excluding carboxylic acids is 1. The minimum Gasteiger partial charge on any atom is -0.497 e. The summed E-state index contributed by atoms with van der Waals surface area (Å²) in [7, 11) is 1.63. The van der Waals surface area contributed by atoms with Crippen molar-refractivity contribution in [2.24, 2.45) is 0 Å². The molecule has 8 heteroatoms. The number of piperidine rings is 1. The van der Waals surface area contributed by atoms with Crippen molar-refractivity contribution in [2.75, 3.05) is 20.2 Å². The summed E-state index contributed by atoms with van der Waals surface area (Å²) in [6.45, 7) is 1.34. The van der Waals surface area contributed by atoms with Crippen molar-refractivity contribution in [3.63, 3.8) is 0 Å². The number of hydrogen-bond acceptors (Lipinski definition) is 7. The Hall–Kier alpha value is -3.29. The van der Waals surface area contributed by atoms with E-state index in [1.54, 1.807) is 25.7 Å². The number of likely N-dealkylation sites (tertiary alicyclic amines) is 1. The molecular formula is C20H21N5O3. The largest absolute Gasteiger partial charge is 0.497 e. The Morgan fingerprint density at radius 1 is 1.29 bits per heavy atom. The molecule has 0 radical (unpaired) electrons. The van der Waals surface area contributed by atoms with Crippen LogP contribution in [0.25, 0.3) is 11.6 Å². The van der Waals surface area contributed by atoms with Gasteiger partial charge in [0.2, 0.25) is 5.91 Å². The first-order valence-corrected chi connectivity index (χ1v) is 9.23. The highest BCUT2D eigenvalue weighted by molar-refractivity contribution is 5.79. The van der Waals surface area contributed by atoms with Gasteiger partial charge in [0.15, 0.2) is 5.82 Å². The van der Waals surface area contributed by atoms with Crippen LogP contribution in [0.4, 0.5) is 0 Å². The number of benzene rings is 1. The predicted molar refractivity (Wildman–Crippen MR) is 101 cm³/mol. The number of ether oxygens (including phenoxy) is 1. The fourth-order valence-corrected chi connectivity index (χ4v) is 3.36. The van der Waals surface area contributed by atoms with Crippen molar-refractivity contribution in [1.82, 2.24) is 25.0 Å². The van der Waals surface area contributed by atoms with Crippen molar-refractivity contribution in [3.05, 3.63) is 54.2 Å². The van der Waals surface area contributed by atoms with E-state index < -0.39 is 0 Å². The van der Waals surface area contributed by atoms with E-state index in [4.69, 9.17) is 9.26 Å². The van der Waals surface area contributed by atoms with Gasteiger partial charge in [-0.25, -0.2) is 4.98 Å². The molecule has 0 bridgehead atoms. The summed E-state index contributed by atoms with van der Waals surface area (Å²) >= 11 is 0. The topological polar surface area (TPSA) is 94.2 Å². The van der Waals surface area contributed by atoms with Crippen molar-refractivity contribution in [3.8, 4) is 17.3 Å². The Labute approximate surface area is 162 Å². The second-order valence-electron chi connectivity index (χ2n) is 6.75. The van der Waals surface area contributed by atoms with Gasteiger partial charge in [0.05, 0.1) is 19.7 Å². The van der Waals surface area contributed by atoms with E-state index in [1.807, 2.05) is 29.2 Å². The number of nitrogens with zero attached hydrogens (tertiary/aromatic N) is 5. The Morgan fingerprint density at radius 3 is 2.89 bits per heavy atom. The molecule has 0 aliphatic carbocycles. The van der Waals surface area contributed by atoms with E-state index in [-0.39, 0.29) is 11.8 Å². The van der Waals surface area contributed by atoms with Gasteiger partial charge in [0.25, 0.3) is 5.89 Å². The van der Waals surface area contributed by atoms with Crippen LogP contribution in [0.3, 0.4) is 0 Å². The van der Waals surface area contributed by atoms with E-state index in [0.717, 1.165) is 30.7 Å². The van der Waals surface area contributed by atoms with Gasteiger partial charge in [-0.3, -0.25) is 9.78 Å². The zero-order valence-electron chi connectivity index (χ0n) is 15.6. The standard InChI is InChI=1S/C20H21N5O3/c1-27-16-6-4-14(5-7-16)11-18(26)25-10-2-3-15(13-25)19-23-20(28-24-19)17-12-21-8-9-22-17/h4-9,12,15H,2-3,10-11,13H2,1H3/t15-/m1/s1. The average molecular weight is 379 g/mol. The van der Waals surface area contributed by atoms with Crippen LogP contribution in [0.1, 0.15) is 30.1 Å². The molecule has 1 aliphatic rings. The molecule has 0 saturated carbocycles. The smallest absolute Gasteiger partial charge is 0.278 e. The summed E-state index contributed by atoms with van der Waals surface area (Å²) in [5.41, 5.74) is 1.52. The lowest BCUT2D eigenvalue weighted by Crippen LogP contribution is -2.40. The second kappa shape index (κ2) is 8.16. The monoisotopic (exact) mass is 379 g/mol. The van der Waals surface area contributed by atoms with E-state index in [1.165, 1.54) is 0 Å². The molecule has 0 N–H and O–H groups in total. The predicted octanol–water partition coefficient (Wildman–Crippen LogP) is 2.48. The molecule has 4 rings (SSSR count). The summed E-state index contributed by atoms with van der Waals surface area (Å²) in [5.74, 6) is 1.91. The highest BCUT2D eigenvalue weighted by Gasteiger charge is 2.28. The Bertz CT molecular complexity index is 927. The maximum atomic E-state index is 12.7. The zero-order valence-corrected chi connectivity index (χ0v) is 15.6. The van der Waals surface area contributed by atoms with Gasteiger partial charge in [-0.15, -0.1) is 0 Å². The van der Waals surface area contributed by atoms with Gasteiger partial charge in [-0.1, -0.05) is 17.3 Å². The van der Waals surface area contributed by atoms with Gasteiger partial charge in [0.1, 0.15) is 11.4 Å². The number of amides is 1. The summed E-state index contributed by atoms with van der Waals surface area (Å²) in [4.78, 5) is 27.3. The van der Waals surface area contributed by atoms with E-state index >= 15 is 0 Å². The quantitative estimate of drug-likeness (QED) is 0.672. The molecule has 1 fully saturated rings. The molecule has 1 saturated heterocycles. The molecule has 0 spiro atoms. The van der Waals surface area contributed by atoms with Gasteiger partial charge in [-0.2, -0.15) is 4.98 Å². The third-order valence-electron chi connectivity index (χ3n) is 4.88. The van der Waals surface area contributed by atoms with Crippen molar-refractivity contribution in [2.45, 2.75) is 25.2 Å². The molecule has 8 nitrogen and oxygen atoms in total. The molecule has 3 aromatic rings. The summed E-state index contributed by atoms with van der Waals surface area (Å²) in [6.07, 6.45) is 6.96. The first kappa shape index (κ1) is 18.1. The van der Waals surface area contributed by atoms with Crippen LogP contribution < -0.4 is 4.74 Å². The SMILES string of the molecule is COc1ccc(CC(=O)N2CCC[C@@H](c3noc(-c4cnccn4)n3)C2)cc1. The maximum absolute atomic E-state index is 12.7. The summed E-state index contributed by atoms with van der Waals surface area (Å²) < 4.78 is 10.5. The number of methoxy groups -OCH3 is 1. The second-order valence-corrected chi connectivity index (χ2v) is 6.75.